The molecule has 2 bridgehead atoms. The van der Waals surface area contributed by atoms with Crippen molar-refractivity contribution in [2.75, 3.05) is 0 Å². The summed E-state index contributed by atoms with van der Waals surface area (Å²) in [5.74, 6) is -2.00. The molecule has 0 aromatic rings. The van der Waals surface area contributed by atoms with Crippen LogP contribution in [0.1, 0.15) is 72.1 Å². The number of carboxylic acid groups (broad SMARTS) is 2. The van der Waals surface area contributed by atoms with E-state index in [4.69, 9.17) is 0 Å². The second kappa shape index (κ2) is 5.24. The van der Waals surface area contributed by atoms with E-state index in [1.54, 1.807) is 0 Å². The Morgan fingerprint density at radius 2 is 1.58 bits per heavy atom. The summed E-state index contributed by atoms with van der Waals surface area (Å²) in [6.45, 7) is 6.19. The highest BCUT2D eigenvalue weighted by Gasteiger charge is 2.72. The highest BCUT2D eigenvalue weighted by Crippen LogP contribution is 2.75. The Hall–Kier alpha value is -1.10. The summed E-state index contributed by atoms with van der Waals surface area (Å²) < 4.78 is 0. The summed E-state index contributed by atoms with van der Waals surface area (Å²) in [5.41, 5.74) is -1.55. The van der Waals surface area contributed by atoms with Crippen LogP contribution in [0.3, 0.4) is 0 Å². The third-order valence-electron chi connectivity index (χ3n) is 9.51. The molecule has 0 radical (unpaired) electrons. The number of aliphatic carboxylic acids is 2. The van der Waals surface area contributed by atoms with Crippen LogP contribution >= 0.6 is 0 Å². The molecule has 0 heterocycles. The number of aliphatic hydroxyl groups excluding tert-OH is 1. The van der Waals surface area contributed by atoms with Gasteiger partial charge >= 0.3 is 11.9 Å². The van der Waals surface area contributed by atoms with E-state index in [9.17, 15) is 24.9 Å². The van der Waals surface area contributed by atoms with Gasteiger partial charge in [-0.25, -0.2) is 0 Å². The summed E-state index contributed by atoms with van der Waals surface area (Å²) >= 11 is 0. The van der Waals surface area contributed by atoms with E-state index < -0.39 is 29.4 Å². The van der Waals surface area contributed by atoms with Crippen LogP contribution in [0.4, 0.5) is 0 Å². The molecule has 4 aliphatic carbocycles. The first-order chi connectivity index (χ1) is 12.0. The molecule has 0 saturated heterocycles. The van der Waals surface area contributed by atoms with E-state index in [0.29, 0.717) is 6.42 Å². The molecule has 4 rings (SSSR count). The molecule has 5 nitrogen and oxygen atoms in total. The minimum Gasteiger partial charge on any atom is -0.481 e. The lowest BCUT2D eigenvalue weighted by Gasteiger charge is -2.64. The third-order valence-corrected chi connectivity index (χ3v) is 9.51. The average molecular weight is 364 g/mol. The van der Waals surface area contributed by atoms with Crippen molar-refractivity contribution in [1.29, 1.82) is 0 Å². The Morgan fingerprint density at radius 1 is 0.923 bits per heavy atom. The molecule has 3 N–H and O–H groups in total. The molecule has 0 aliphatic heterocycles. The average Bonchev–Trinajstić information content (AvgIpc) is 2.69. The largest absolute Gasteiger partial charge is 0.481 e. The van der Waals surface area contributed by atoms with Gasteiger partial charge in [0.05, 0.1) is 17.4 Å². The molecule has 146 valence electrons. The molecule has 8 unspecified atom stereocenters. The van der Waals surface area contributed by atoms with Crippen molar-refractivity contribution in [2.45, 2.75) is 78.2 Å². The number of carboxylic acids is 2. The normalized spacial score (nSPS) is 55.7. The predicted molar refractivity (Wildman–Crippen MR) is 95.4 cm³/mol. The van der Waals surface area contributed by atoms with Crippen LogP contribution in [0.5, 0.6) is 0 Å². The van der Waals surface area contributed by atoms with E-state index in [1.807, 2.05) is 6.92 Å². The fourth-order valence-electron chi connectivity index (χ4n) is 8.45. The van der Waals surface area contributed by atoms with Gasteiger partial charge in [-0.2, -0.15) is 0 Å². The maximum absolute atomic E-state index is 12.2. The molecule has 0 amide bonds. The van der Waals surface area contributed by atoms with Gasteiger partial charge in [-0.15, -0.1) is 0 Å². The SMILES string of the molecule is CC12CCC3C4(C)CCCC(C)(C(=O)O)C4CCC3(C1)C(C(=O)O)C2O. The number of hydrogen-bond donors (Lipinski definition) is 3. The van der Waals surface area contributed by atoms with Crippen LogP contribution in [0, 0.1) is 39.4 Å². The van der Waals surface area contributed by atoms with E-state index in [0.717, 1.165) is 44.9 Å². The van der Waals surface area contributed by atoms with E-state index in [2.05, 4.69) is 13.8 Å². The Labute approximate surface area is 155 Å². The van der Waals surface area contributed by atoms with E-state index >= 15 is 0 Å². The lowest BCUT2D eigenvalue weighted by atomic mass is 9.39. The molecule has 1 spiro atoms. The van der Waals surface area contributed by atoms with Gasteiger partial charge < -0.3 is 15.3 Å². The molecule has 8 atom stereocenters. The number of hydrogen-bond acceptors (Lipinski definition) is 3. The van der Waals surface area contributed by atoms with Crippen molar-refractivity contribution in [3.05, 3.63) is 0 Å². The minimum atomic E-state index is -0.869. The van der Waals surface area contributed by atoms with Crippen molar-refractivity contribution in [1.82, 2.24) is 0 Å². The fourth-order valence-corrected chi connectivity index (χ4v) is 8.45. The molecule has 26 heavy (non-hydrogen) atoms. The van der Waals surface area contributed by atoms with Gasteiger partial charge in [-0.3, -0.25) is 9.59 Å². The zero-order valence-corrected chi connectivity index (χ0v) is 16.1. The molecular formula is C21H32O5. The molecule has 0 aromatic carbocycles. The number of aliphatic hydroxyl groups is 1. The van der Waals surface area contributed by atoms with Crippen LogP contribution in [-0.2, 0) is 9.59 Å². The number of rotatable bonds is 2. The maximum atomic E-state index is 12.2. The molecule has 0 aromatic heterocycles. The predicted octanol–water partition coefficient (Wildman–Crippen LogP) is 3.55. The van der Waals surface area contributed by atoms with Gasteiger partial charge in [0.25, 0.3) is 0 Å². The number of carbonyl (C=O) groups is 2. The lowest BCUT2D eigenvalue weighted by Crippen LogP contribution is -2.60. The highest BCUT2D eigenvalue weighted by molar-refractivity contribution is 5.75. The number of fused-ring (bicyclic) bond motifs is 3. The summed E-state index contributed by atoms with van der Waals surface area (Å²) in [6, 6.07) is 0. The Morgan fingerprint density at radius 3 is 2.19 bits per heavy atom. The fraction of sp³-hybridized carbons (Fsp3) is 0.905. The van der Waals surface area contributed by atoms with Crippen molar-refractivity contribution in [3.8, 4) is 0 Å². The van der Waals surface area contributed by atoms with Crippen LogP contribution in [0.15, 0.2) is 0 Å². The Bertz CT molecular complexity index is 661. The summed E-state index contributed by atoms with van der Waals surface area (Å²) in [7, 11) is 0. The first-order valence-corrected chi connectivity index (χ1v) is 10.2. The van der Waals surface area contributed by atoms with Gasteiger partial charge in [0.2, 0.25) is 0 Å². The quantitative estimate of drug-likeness (QED) is 0.696. The summed E-state index contributed by atoms with van der Waals surface area (Å²) in [4.78, 5) is 24.3. The van der Waals surface area contributed by atoms with Gasteiger partial charge in [-0.05, 0) is 80.0 Å². The van der Waals surface area contributed by atoms with Crippen LogP contribution in [0.25, 0.3) is 0 Å². The standard InChI is InChI=1S/C21H32O5/c1-18-9-5-13-19(2)7-4-8-20(3,17(25)26)12(19)6-10-21(13,11-18)14(15(18)22)16(23)24/h12-15,22H,4-11H2,1-3H3,(H,23,24)(H,25,26). The molecule has 4 saturated carbocycles. The summed E-state index contributed by atoms with van der Waals surface area (Å²) in [6.07, 6.45) is 5.83. The zero-order valence-electron chi connectivity index (χ0n) is 16.1. The van der Waals surface area contributed by atoms with Gasteiger partial charge in [0, 0.05) is 0 Å². The Balaban J connectivity index is 1.81. The summed E-state index contributed by atoms with van der Waals surface area (Å²) in [5, 5.41) is 30.9. The second-order valence-corrected chi connectivity index (χ2v) is 10.6. The third kappa shape index (κ3) is 1.96. The van der Waals surface area contributed by atoms with Crippen molar-refractivity contribution in [3.63, 3.8) is 0 Å². The van der Waals surface area contributed by atoms with Gasteiger partial charge in [0.15, 0.2) is 0 Å². The molecule has 4 aliphatic rings. The van der Waals surface area contributed by atoms with E-state index in [-0.39, 0.29) is 28.1 Å². The topological polar surface area (TPSA) is 94.8 Å². The minimum absolute atomic E-state index is 0.0911. The smallest absolute Gasteiger partial charge is 0.309 e. The first kappa shape index (κ1) is 18.3. The van der Waals surface area contributed by atoms with Crippen molar-refractivity contribution >= 4 is 11.9 Å². The highest BCUT2D eigenvalue weighted by atomic mass is 16.4. The molecule has 4 fully saturated rings. The van der Waals surface area contributed by atoms with Crippen LogP contribution < -0.4 is 0 Å². The van der Waals surface area contributed by atoms with Crippen molar-refractivity contribution < 1.29 is 24.9 Å². The van der Waals surface area contributed by atoms with Gasteiger partial charge in [-0.1, -0.05) is 20.3 Å². The van der Waals surface area contributed by atoms with Crippen molar-refractivity contribution in [2.24, 2.45) is 39.4 Å². The Kier molecular flexibility index (Phi) is 3.68. The van der Waals surface area contributed by atoms with Gasteiger partial charge in [0.1, 0.15) is 0 Å². The molecular weight excluding hydrogens is 332 g/mol. The van der Waals surface area contributed by atoms with E-state index in [1.165, 1.54) is 0 Å². The zero-order chi connectivity index (χ0) is 19.1. The van der Waals surface area contributed by atoms with Crippen LogP contribution in [0.2, 0.25) is 0 Å². The lowest BCUT2D eigenvalue weighted by molar-refractivity contribution is -0.192. The second-order valence-electron chi connectivity index (χ2n) is 10.6. The monoisotopic (exact) mass is 364 g/mol. The maximum Gasteiger partial charge on any atom is 0.309 e. The first-order valence-electron chi connectivity index (χ1n) is 10.2. The molecule has 5 heteroatoms. The van der Waals surface area contributed by atoms with Crippen LogP contribution in [-0.4, -0.2) is 33.4 Å².